The molecule has 3 aliphatic rings. The highest BCUT2D eigenvalue weighted by molar-refractivity contribution is 5.88. The number of hydrogen-bond donors (Lipinski definition) is 2. The minimum Gasteiger partial charge on any atom is -0.508 e. The number of carbonyl (C=O) groups is 1. The van der Waals surface area contributed by atoms with Crippen LogP contribution in [0.3, 0.4) is 0 Å². The summed E-state index contributed by atoms with van der Waals surface area (Å²) in [5.74, 6) is 1.04. The van der Waals surface area contributed by atoms with Gasteiger partial charge in [-0.3, -0.25) is 0 Å². The third kappa shape index (κ3) is 3.20. The van der Waals surface area contributed by atoms with Crippen LogP contribution in [0.5, 0.6) is 5.75 Å². The first kappa shape index (κ1) is 21.5. The summed E-state index contributed by atoms with van der Waals surface area (Å²) in [6, 6.07) is 4.71. The SMILES string of the molecule is CC1=CC[C@H]2[C@@](C)(CC[C@H]3C(C)(C)CCC[C@]23C)[C@H]1Cc1cc(C(=O)O)ccc1O. The Labute approximate surface area is 181 Å². The zero-order valence-electron chi connectivity index (χ0n) is 19.3. The summed E-state index contributed by atoms with van der Waals surface area (Å²) in [4.78, 5) is 11.5. The van der Waals surface area contributed by atoms with Gasteiger partial charge in [0.15, 0.2) is 0 Å². The first-order chi connectivity index (χ1) is 14.0. The molecule has 0 spiro atoms. The molecule has 1 aromatic rings. The minimum atomic E-state index is -0.936. The van der Waals surface area contributed by atoms with Crippen LogP contribution in [0.25, 0.3) is 0 Å². The average molecular weight is 411 g/mol. The van der Waals surface area contributed by atoms with Gasteiger partial charge in [0.25, 0.3) is 0 Å². The molecule has 3 aliphatic carbocycles. The van der Waals surface area contributed by atoms with Gasteiger partial charge in [0.05, 0.1) is 5.56 Å². The third-order valence-electron chi connectivity index (χ3n) is 9.61. The Morgan fingerprint density at radius 3 is 2.50 bits per heavy atom. The number of phenols is 1. The van der Waals surface area contributed by atoms with E-state index in [4.69, 9.17) is 0 Å². The van der Waals surface area contributed by atoms with Crippen molar-refractivity contribution in [3.8, 4) is 5.75 Å². The maximum absolute atomic E-state index is 11.5. The fourth-order valence-electron chi connectivity index (χ4n) is 8.10. The van der Waals surface area contributed by atoms with Crippen LogP contribution in [-0.2, 0) is 6.42 Å². The lowest BCUT2D eigenvalue weighted by Crippen LogP contribution is -2.57. The van der Waals surface area contributed by atoms with Crippen LogP contribution in [-0.4, -0.2) is 16.2 Å². The van der Waals surface area contributed by atoms with Crippen LogP contribution in [0.1, 0.15) is 89.1 Å². The molecule has 2 fully saturated rings. The van der Waals surface area contributed by atoms with Crippen molar-refractivity contribution < 1.29 is 15.0 Å². The highest BCUT2D eigenvalue weighted by Crippen LogP contribution is 2.68. The largest absolute Gasteiger partial charge is 0.508 e. The predicted octanol–water partition coefficient (Wildman–Crippen LogP) is 6.85. The number of hydrogen-bond acceptors (Lipinski definition) is 2. The van der Waals surface area contributed by atoms with E-state index in [2.05, 4.69) is 40.7 Å². The van der Waals surface area contributed by atoms with E-state index in [0.29, 0.717) is 29.1 Å². The highest BCUT2D eigenvalue weighted by Gasteiger charge is 2.60. The van der Waals surface area contributed by atoms with Crippen molar-refractivity contribution in [2.24, 2.45) is 34.0 Å². The van der Waals surface area contributed by atoms with Gasteiger partial charge in [-0.25, -0.2) is 4.79 Å². The second kappa shape index (κ2) is 7.14. The zero-order chi connectivity index (χ0) is 21.9. The molecule has 2 saturated carbocycles. The Balaban J connectivity index is 1.71. The van der Waals surface area contributed by atoms with Gasteiger partial charge in [-0.1, -0.05) is 45.8 Å². The summed E-state index contributed by atoms with van der Waals surface area (Å²) in [7, 11) is 0. The molecule has 30 heavy (non-hydrogen) atoms. The first-order valence-corrected chi connectivity index (χ1v) is 11.7. The van der Waals surface area contributed by atoms with Crippen molar-refractivity contribution in [3.05, 3.63) is 41.0 Å². The monoisotopic (exact) mass is 410 g/mol. The molecule has 0 amide bonds. The fraction of sp³-hybridized carbons (Fsp3) is 0.667. The highest BCUT2D eigenvalue weighted by atomic mass is 16.4. The fourth-order valence-corrected chi connectivity index (χ4v) is 8.10. The molecule has 0 radical (unpaired) electrons. The molecule has 4 rings (SSSR count). The molecular weight excluding hydrogens is 372 g/mol. The number of aromatic hydroxyl groups is 1. The second-order valence-electron chi connectivity index (χ2n) is 11.6. The molecular formula is C27H38O3. The van der Waals surface area contributed by atoms with Crippen molar-refractivity contribution in [2.75, 3.05) is 0 Å². The molecule has 0 aromatic heterocycles. The van der Waals surface area contributed by atoms with Gasteiger partial charge in [0, 0.05) is 0 Å². The summed E-state index contributed by atoms with van der Waals surface area (Å²) in [6.07, 6.45) is 10.8. The summed E-state index contributed by atoms with van der Waals surface area (Å²) in [5.41, 5.74) is 3.38. The zero-order valence-corrected chi connectivity index (χ0v) is 19.3. The van der Waals surface area contributed by atoms with E-state index in [0.717, 1.165) is 17.9 Å². The van der Waals surface area contributed by atoms with E-state index in [-0.39, 0.29) is 16.7 Å². The first-order valence-electron chi connectivity index (χ1n) is 11.7. The van der Waals surface area contributed by atoms with Crippen molar-refractivity contribution in [2.45, 2.75) is 79.6 Å². The van der Waals surface area contributed by atoms with Gasteiger partial charge in [0.2, 0.25) is 0 Å². The number of rotatable bonds is 3. The minimum absolute atomic E-state index is 0.184. The number of carboxylic acids is 1. The summed E-state index contributed by atoms with van der Waals surface area (Å²) in [6.45, 7) is 12.3. The van der Waals surface area contributed by atoms with Gasteiger partial charge in [-0.05, 0) is 103 Å². The van der Waals surface area contributed by atoms with Crippen LogP contribution in [0, 0.1) is 34.0 Å². The van der Waals surface area contributed by atoms with Gasteiger partial charge >= 0.3 is 5.97 Å². The summed E-state index contributed by atoms with van der Waals surface area (Å²) in [5, 5.41) is 19.9. The van der Waals surface area contributed by atoms with E-state index in [1.54, 1.807) is 12.1 Å². The summed E-state index contributed by atoms with van der Waals surface area (Å²) >= 11 is 0. The predicted molar refractivity (Wildman–Crippen MR) is 121 cm³/mol. The molecule has 164 valence electrons. The van der Waals surface area contributed by atoms with E-state index in [1.807, 2.05) is 0 Å². The maximum atomic E-state index is 11.5. The molecule has 5 atom stereocenters. The smallest absolute Gasteiger partial charge is 0.335 e. The van der Waals surface area contributed by atoms with Crippen molar-refractivity contribution >= 4 is 5.97 Å². The molecule has 0 aliphatic heterocycles. The van der Waals surface area contributed by atoms with E-state index in [1.165, 1.54) is 43.7 Å². The number of phenolic OH excluding ortho intramolecular Hbond substituents is 1. The average Bonchev–Trinajstić information content (AvgIpc) is 2.64. The lowest BCUT2D eigenvalue weighted by Gasteiger charge is -2.65. The van der Waals surface area contributed by atoms with Gasteiger partial charge in [-0.15, -0.1) is 0 Å². The van der Waals surface area contributed by atoms with E-state index < -0.39 is 5.97 Å². The van der Waals surface area contributed by atoms with E-state index >= 15 is 0 Å². The van der Waals surface area contributed by atoms with Crippen LogP contribution in [0.2, 0.25) is 0 Å². The lowest BCUT2D eigenvalue weighted by atomic mass is 9.39. The lowest BCUT2D eigenvalue weighted by molar-refractivity contribution is -0.145. The van der Waals surface area contributed by atoms with Crippen molar-refractivity contribution in [1.82, 2.24) is 0 Å². The second-order valence-corrected chi connectivity index (χ2v) is 11.6. The Hall–Kier alpha value is -1.77. The molecule has 3 nitrogen and oxygen atoms in total. The van der Waals surface area contributed by atoms with Crippen molar-refractivity contribution in [3.63, 3.8) is 0 Å². The Morgan fingerprint density at radius 2 is 1.80 bits per heavy atom. The molecule has 0 unspecified atom stereocenters. The number of aromatic carboxylic acids is 1. The Bertz CT molecular complexity index is 882. The normalized spacial score (nSPS) is 37.6. The van der Waals surface area contributed by atoms with E-state index in [9.17, 15) is 15.0 Å². The standard InChI is InChI=1S/C27H38O3/c1-17-7-10-23-26(4,14-11-22-25(2,3)12-6-13-27(22,23)5)20(17)16-19-15-18(24(29)30)8-9-21(19)28/h7-9,15,20,22-23,28H,6,10-14,16H2,1-5H3,(H,29,30)/t20-,22-,23-,26-,27-/m0/s1. The number of carboxylic acid groups (broad SMARTS) is 1. The molecule has 0 heterocycles. The Morgan fingerprint density at radius 1 is 1.07 bits per heavy atom. The third-order valence-corrected chi connectivity index (χ3v) is 9.61. The van der Waals surface area contributed by atoms with Crippen molar-refractivity contribution in [1.29, 1.82) is 0 Å². The van der Waals surface area contributed by atoms with Crippen LogP contribution in [0.4, 0.5) is 0 Å². The molecule has 0 bridgehead atoms. The number of fused-ring (bicyclic) bond motifs is 3. The molecule has 1 aromatic carbocycles. The topological polar surface area (TPSA) is 57.5 Å². The molecule has 2 N–H and O–H groups in total. The van der Waals surface area contributed by atoms with Crippen LogP contribution >= 0.6 is 0 Å². The maximum Gasteiger partial charge on any atom is 0.335 e. The molecule has 0 saturated heterocycles. The molecule has 3 heteroatoms. The van der Waals surface area contributed by atoms with Gasteiger partial charge < -0.3 is 10.2 Å². The van der Waals surface area contributed by atoms with Gasteiger partial charge in [0.1, 0.15) is 5.75 Å². The number of allylic oxidation sites excluding steroid dienone is 2. The number of benzene rings is 1. The quantitative estimate of drug-likeness (QED) is 0.536. The van der Waals surface area contributed by atoms with Crippen LogP contribution < -0.4 is 0 Å². The van der Waals surface area contributed by atoms with Gasteiger partial charge in [-0.2, -0.15) is 0 Å². The summed E-state index contributed by atoms with van der Waals surface area (Å²) < 4.78 is 0. The van der Waals surface area contributed by atoms with Crippen LogP contribution in [0.15, 0.2) is 29.8 Å². The Kier molecular flexibility index (Phi) is 5.11.